The molecule has 0 saturated carbocycles. The summed E-state index contributed by atoms with van der Waals surface area (Å²) in [6, 6.07) is 5.65. The molecule has 0 spiro atoms. The smallest absolute Gasteiger partial charge is 0.332 e. The predicted molar refractivity (Wildman–Crippen MR) is 57.3 cm³/mol. The Morgan fingerprint density at radius 2 is 2.33 bits per heavy atom. The number of carbonyl (C=O) groups is 1. The van der Waals surface area contributed by atoms with E-state index < -0.39 is 5.97 Å². The van der Waals surface area contributed by atoms with Gasteiger partial charge in [-0.25, -0.2) is 4.79 Å². The van der Waals surface area contributed by atoms with Gasteiger partial charge in [0.1, 0.15) is 0 Å². The Bertz CT molecular complexity index is 349. The summed E-state index contributed by atoms with van der Waals surface area (Å²) >= 11 is 0. The largest absolute Gasteiger partial charge is 0.478 e. The number of aromatic nitrogens is 1. The van der Waals surface area contributed by atoms with Crippen LogP contribution < -0.4 is 0 Å². The van der Waals surface area contributed by atoms with Gasteiger partial charge < -0.3 is 5.11 Å². The van der Waals surface area contributed by atoms with Gasteiger partial charge in [-0.1, -0.05) is 12.6 Å². The van der Waals surface area contributed by atoms with Gasteiger partial charge in [0.05, 0.1) is 5.69 Å². The first-order valence-corrected chi connectivity index (χ1v) is 4.59. The summed E-state index contributed by atoms with van der Waals surface area (Å²) in [4.78, 5) is 16.6. The Hall–Kier alpha value is -1.68. The fraction of sp³-hybridized carbons (Fsp3) is 0.273. The van der Waals surface area contributed by atoms with Gasteiger partial charge in [0, 0.05) is 24.9 Å². The summed E-state index contributed by atoms with van der Waals surface area (Å²) in [7, 11) is 1.84. The van der Waals surface area contributed by atoms with Crippen LogP contribution in [-0.4, -0.2) is 34.6 Å². The number of rotatable bonds is 5. The van der Waals surface area contributed by atoms with Gasteiger partial charge in [-0.2, -0.15) is 0 Å². The molecule has 0 aromatic carbocycles. The molecular formula is C11H14N2O2. The van der Waals surface area contributed by atoms with Crippen LogP contribution in [0, 0.1) is 0 Å². The molecule has 0 amide bonds. The Kier molecular flexibility index (Phi) is 4.00. The van der Waals surface area contributed by atoms with Crippen molar-refractivity contribution < 1.29 is 9.90 Å². The second-order valence-corrected chi connectivity index (χ2v) is 3.40. The maximum Gasteiger partial charge on any atom is 0.332 e. The molecule has 1 aromatic heterocycles. The fourth-order valence-corrected chi connectivity index (χ4v) is 1.22. The van der Waals surface area contributed by atoms with Crippen molar-refractivity contribution in [3.8, 4) is 0 Å². The number of hydrogen-bond acceptors (Lipinski definition) is 3. The minimum absolute atomic E-state index is 0.188. The summed E-state index contributed by atoms with van der Waals surface area (Å²) in [5.41, 5.74) is 1.10. The topological polar surface area (TPSA) is 53.4 Å². The van der Waals surface area contributed by atoms with Crippen LogP contribution in [0.1, 0.15) is 5.69 Å². The molecule has 15 heavy (non-hydrogen) atoms. The second-order valence-electron chi connectivity index (χ2n) is 3.40. The highest BCUT2D eigenvalue weighted by atomic mass is 16.4. The van der Waals surface area contributed by atoms with E-state index in [1.807, 2.05) is 30.1 Å². The summed E-state index contributed by atoms with van der Waals surface area (Å²) < 4.78 is 0. The lowest BCUT2D eigenvalue weighted by molar-refractivity contribution is -0.132. The normalized spacial score (nSPS) is 10.3. The van der Waals surface area contributed by atoms with Gasteiger partial charge in [-0.05, 0) is 19.2 Å². The lowest BCUT2D eigenvalue weighted by atomic mass is 10.2. The minimum atomic E-state index is -0.956. The third-order valence-electron chi connectivity index (χ3n) is 1.92. The van der Waals surface area contributed by atoms with E-state index in [-0.39, 0.29) is 5.57 Å². The Morgan fingerprint density at radius 1 is 1.60 bits per heavy atom. The van der Waals surface area contributed by atoms with Gasteiger partial charge >= 0.3 is 5.97 Å². The van der Waals surface area contributed by atoms with Crippen molar-refractivity contribution in [3.63, 3.8) is 0 Å². The van der Waals surface area contributed by atoms with Crippen molar-refractivity contribution >= 4 is 5.97 Å². The SMILES string of the molecule is C=C(CN(C)Cc1ccccn1)C(=O)O. The Labute approximate surface area is 88.9 Å². The van der Waals surface area contributed by atoms with Crippen LogP contribution in [0.5, 0.6) is 0 Å². The minimum Gasteiger partial charge on any atom is -0.478 e. The van der Waals surface area contributed by atoms with Crippen LogP contribution in [0.25, 0.3) is 0 Å². The van der Waals surface area contributed by atoms with Gasteiger partial charge in [-0.3, -0.25) is 9.88 Å². The zero-order valence-electron chi connectivity index (χ0n) is 8.68. The van der Waals surface area contributed by atoms with Crippen LogP contribution in [0.15, 0.2) is 36.5 Å². The molecule has 0 aliphatic heterocycles. The zero-order valence-corrected chi connectivity index (χ0v) is 8.68. The number of carboxylic acid groups (broad SMARTS) is 1. The highest BCUT2D eigenvalue weighted by Gasteiger charge is 2.08. The molecular weight excluding hydrogens is 192 g/mol. The van der Waals surface area contributed by atoms with Gasteiger partial charge in [0.2, 0.25) is 0 Å². The molecule has 0 atom stereocenters. The van der Waals surface area contributed by atoms with E-state index in [0.717, 1.165) is 5.69 Å². The summed E-state index contributed by atoms with van der Waals surface area (Å²) in [5.74, 6) is -0.956. The summed E-state index contributed by atoms with van der Waals surface area (Å²) in [6.07, 6.45) is 1.72. The molecule has 4 heteroatoms. The molecule has 4 nitrogen and oxygen atoms in total. The molecule has 1 rings (SSSR count). The van der Waals surface area contributed by atoms with Crippen molar-refractivity contribution in [1.29, 1.82) is 0 Å². The van der Waals surface area contributed by atoms with E-state index in [9.17, 15) is 4.79 Å². The van der Waals surface area contributed by atoms with Crippen molar-refractivity contribution in [2.24, 2.45) is 0 Å². The quantitative estimate of drug-likeness (QED) is 0.734. The van der Waals surface area contributed by atoms with Crippen molar-refractivity contribution in [3.05, 3.63) is 42.2 Å². The fourth-order valence-electron chi connectivity index (χ4n) is 1.22. The summed E-state index contributed by atoms with van der Waals surface area (Å²) in [6.45, 7) is 4.43. The van der Waals surface area contributed by atoms with E-state index in [1.165, 1.54) is 0 Å². The molecule has 0 bridgehead atoms. The van der Waals surface area contributed by atoms with E-state index >= 15 is 0 Å². The van der Waals surface area contributed by atoms with E-state index in [2.05, 4.69) is 11.6 Å². The van der Waals surface area contributed by atoms with Crippen molar-refractivity contribution in [1.82, 2.24) is 9.88 Å². The first-order chi connectivity index (χ1) is 7.09. The molecule has 0 fully saturated rings. The maximum atomic E-state index is 10.5. The third-order valence-corrected chi connectivity index (χ3v) is 1.92. The van der Waals surface area contributed by atoms with Gasteiger partial charge in [0.25, 0.3) is 0 Å². The lowest BCUT2D eigenvalue weighted by Crippen LogP contribution is -2.23. The van der Waals surface area contributed by atoms with Crippen LogP contribution in [-0.2, 0) is 11.3 Å². The van der Waals surface area contributed by atoms with E-state index in [0.29, 0.717) is 13.1 Å². The molecule has 1 N–H and O–H groups in total. The monoisotopic (exact) mass is 206 g/mol. The molecule has 1 aromatic rings. The number of likely N-dealkylation sites (N-methyl/N-ethyl adjacent to an activating group) is 1. The van der Waals surface area contributed by atoms with Crippen molar-refractivity contribution in [2.75, 3.05) is 13.6 Å². The number of pyridine rings is 1. The zero-order chi connectivity index (χ0) is 11.3. The average molecular weight is 206 g/mol. The van der Waals surface area contributed by atoms with Crippen LogP contribution >= 0.6 is 0 Å². The lowest BCUT2D eigenvalue weighted by Gasteiger charge is -2.15. The Balaban J connectivity index is 2.46. The second kappa shape index (κ2) is 5.26. The highest BCUT2D eigenvalue weighted by Crippen LogP contribution is 2.01. The number of nitrogens with zero attached hydrogens (tertiary/aromatic N) is 2. The number of aliphatic carboxylic acids is 1. The number of hydrogen-bond donors (Lipinski definition) is 1. The summed E-state index contributed by atoms with van der Waals surface area (Å²) in [5, 5.41) is 8.66. The molecule has 0 aliphatic carbocycles. The van der Waals surface area contributed by atoms with Crippen LogP contribution in [0.3, 0.4) is 0 Å². The highest BCUT2D eigenvalue weighted by molar-refractivity contribution is 5.86. The molecule has 0 unspecified atom stereocenters. The first-order valence-electron chi connectivity index (χ1n) is 4.59. The molecule has 80 valence electrons. The van der Waals surface area contributed by atoms with E-state index in [1.54, 1.807) is 6.20 Å². The molecule has 1 heterocycles. The first kappa shape index (κ1) is 11.4. The van der Waals surface area contributed by atoms with Gasteiger partial charge in [0.15, 0.2) is 0 Å². The van der Waals surface area contributed by atoms with Crippen LogP contribution in [0.2, 0.25) is 0 Å². The molecule has 0 saturated heterocycles. The molecule has 0 radical (unpaired) electrons. The predicted octanol–water partition coefficient (Wildman–Crippen LogP) is 1.15. The number of carboxylic acids is 1. The Morgan fingerprint density at radius 3 is 2.87 bits per heavy atom. The van der Waals surface area contributed by atoms with E-state index in [4.69, 9.17) is 5.11 Å². The maximum absolute atomic E-state index is 10.5. The molecule has 0 aliphatic rings. The third kappa shape index (κ3) is 3.91. The average Bonchev–Trinajstić information content (AvgIpc) is 2.18. The van der Waals surface area contributed by atoms with Crippen LogP contribution in [0.4, 0.5) is 0 Å². The van der Waals surface area contributed by atoms with Gasteiger partial charge in [-0.15, -0.1) is 0 Å². The standard InChI is InChI=1S/C11H14N2O2/c1-9(11(14)15)7-13(2)8-10-5-3-4-6-12-10/h3-6H,1,7-8H2,2H3,(H,14,15). The van der Waals surface area contributed by atoms with Crippen molar-refractivity contribution in [2.45, 2.75) is 6.54 Å².